The normalized spacial score (nSPS) is 10.8. The zero-order chi connectivity index (χ0) is 17.8. The highest BCUT2D eigenvalue weighted by Crippen LogP contribution is 2.18. The van der Waals surface area contributed by atoms with E-state index in [2.05, 4.69) is 10.4 Å². The standard InChI is InChI=1S/C19H21N3O3/c1-13-11-14(2)22(21-13)12-16-7-8-18(25-16)19(24)20-17-6-4-3-5-15(17)9-10-23/h3-8,11,23H,9-10,12H2,1-2H3,(H,20,24). The van der Waals surface area contributed by atoms with Gasteiger partial charge in [-0.1, -0.05) is 18.2 Å². The molecule has 1 amide bonds. The van der Waals surface area contributed by atoms with Crippen LogP contribution in [0.4, 0.5) is 5.69 Å². The number of para-hydroxylation sites is 1. The molecule has 0 unspecified atom stereocenters. The molecule has 2 heterocycles. The second-order valence-corrected chi connectivity index (χ2v) is 5.94. The van der Waals surface area contributed by atoms with Crippen LogP contribution in [0.3, 0.4) is 0 Å². The molecule has 0 fully saturated rings. The lowest BCUT2D eigenvalue weighted by Crippen LogP contribution is -2.13. The van der Waals surface area contributed by atoms with Crippen molar-refractivity contribution in [2.45, 2.75) is 26.8 Å². The van der Waals surface area contributed by atoms with E-state index in [1.165, 1.54) is 0 Å². The number of aliphatic hydroxyl groups excluding tert-OH is 1. The summed E-state index contributed by atoms with van der Waals surface area (Å²) in [6.45, 7) is 4.43. The average Bonchev–Trinajstić information content (AvgIpc) is 3.16. The molecule has 0 radical (unpaired) electrons. The van der Waals surface area contributed by atoms with Crippen LogP contribution in [0.2, 0.25) is 0 Å². The van der Waals surface area contributed by atoms with Crippen LogP contribution < -0.4 is 5.32 Å². The van der Waals surface area contributed by atoms with Gasteiger partial charge in [-0.05, 0) is 50.1 Å². The summed E-state index contributed by atoms with van der Waals surface area (Å²) in [7, 11) is 0. The van der Waals surface area contributed by atoms with Gasteiger partial charge in [0.2, 0.25) is 0 Å². The van der Waals surface area contributed by atoms with E-state index in [9.17, 15) is 4.79 Å². The van der Waals surface area contributed by atoms with E-state index in [0.717, 1.165) is 17.0 Å². The molecule has 0 aliphatic carbocycles. The van der Waals surface area contributed by atoms with Gasteiger partial charge in [0.1, 0.15) is 5.76 Å². The molecule has 6 nitrogen and oxygen atoms in total. The van der Waals surface area contributed by atoms with Crippen molar-refractivity contribution in [3.05, 3.63) is 70.9 Å². The second kappa shape index (κ2) is 7.36. The van der Waals surface area contributed by atoms with Gasteiger partial charge in [-0.25, -0.2) is 0 Å². The average molecular weight is 339 g/mol. The van der Waals surface area contributed by atoms with Crippen molar-refractivity contribution < 1.29 is 14.3 Å². The number of nitrogens with zero attached hydrogens (tertiary/aromatic N) is 2. The van der Waals surface area contributed by atoms with Gasteiger partial charge in [0.15, 0.2) is 5.76 Å². The van der Waals surface area contributed by atoms with Gasteiger partial charge < -0.3 is 14.8 Å². The number of amides is 1. The lowest BCUT2D eigenvalue weighted by Gasteiger charge is -2.09. The minimum Gasteiger partial charge on any atom is -0.454 e. The maximum absolute atomic E-state index is 12.4. The first-order chi connectivity index (χ1) is 12.1. The minimum atomic E-state index is -0.315. The van der Waals surface area contributed by atoms with Crippen molar-refractivity contribution in [2.24, 2.45) is 0 Å². The van der Waals surface area contributed by atoms with Crippen molar-refractivity contribution >= 4 is 11.6 Å². The van der Waals surface area contributed by atoms with Gasteiger partial charge in [0, 0.05) is 18.0 Å². The fourth-order valence-electron chi connectivity index (χ4n) is 2.73. The lowest BCUT2D eigenvalue weighted by atomic mass is 10.1. The molecule has 25 heavy (non-hydrogen) atoms. The number of furan rings is 1. The molecule has 3 aromatic rings. The van der Waals surface area contributed by atoms with Crippen molar-refractivity contribution in [1.29, 1.82) is 0 Å². The molecule has 0 aliphatic rings. The predicted molar refractivity (Wildman–Crippen MR) is 94.7 cm³/mol. The summed E-state index contributed by atoms with van der Waals surface area (Å²) in [5.41, 5.74) is 3.55. The zero-order valence-corrected chi connectivity index (χ0v) is 14.3. The molecule has 0 spiro atoms. The van der Waals surface area contributed by atoms with Gasteiger partial charge in [-0.3, -0.25) is 9.48 Å². The molecule has 0 saturated heterocycles. The molecular weight excluding hydrogens is 318 g/mol. The molecule has 0 atom stereocenters. The van der Waals surface area contributed by atoms with E-state index in [0.29, 0.717) is 24.4 Å². The van der Waals surface area contributed by atoms with Crippen molar-refractivity contribution in [3.63, 3.8) is 0 Å². The van der Waals surface area contributed by atoms with Crippen LogP contribution >= 0.6 is 0 Å². The summed E-state index contributed by atoms with van der Waals surface area (Å²) < 4.78 is 7.50. The molecule has 2 aromatic heterocycles. The number of aryl methyl sites for hydroxylation is 2. The van der Waals surface area contributed by atoms with Crippen molar-refractivity contribution in [3.8, 4) is 0 Å². The summed E-state index contributed by atoms with van der Waals surface area (Å²) >= 11 is 0. The number of nitrogens with one attached hydrogen (secondary N) is 1. The smallest absolute Gasteiger partial charge is 0.291 e. The number of benzene rings is 1. The van der Waals surface area contributed by atoms with E-state index < -0.39 is 0 Å². The van der Waals surface area contributed by atoms with Crippen LogP contribution in [0.5, 0.6) is 0 Å². The maximum atomic E-state index is 12.4. The van der Waals surface area contributed by atoms with Crippen molar-refractivity contribution in [1.82, 2.24) is 9.78 Å². The maximum Gasteiger partial charge on any atom is 0.291 e. The molecule has 1 aromatic carbocycles. The third-order valence-corrected chi connectivity index (χ3v) is 3.94. The van der Waals surface area contributed by atoms with E-state index in [1.54, 1.807) is 12.1 Å². The van der Waals surface area contributed by atoms with Gasteiger partial charge >= 0.3 is 0 Å². The molecular formula is C19H21N3O3. The summed E-state index contributed by atoms with van der Waals surface area (Å²) in [6.07, 6.45) is 0.484. The van der Waals surface area contributed by atoms with Crippen LogP contribution in [0.25, 0.3) is 0 Å². The number of carbonyl (C=O) groups is 1. The Morgan fingerprint density at radius 1 is 1.24 bits per heavy atom. The topological polar surface area (TPSA) is 80.3 Å². The number of aliphatic hydroxyl groups is 1. The van der Waals surface area contributed by atoms with Crippen LogP contribution in [0, 0.1) is 13.8 Å². The first-order valence-electron chi connectivity index (χ1n) is 8.16. The fourth-order valence-corrected chi connectivity index (χ4v) is 2.73. The first kappa shape index (κ1) is 17.0. The molecule has 0 saturated carbocycles. The molecule has 3 rings (SSSR count). The monoisotopic (exact) mass is 339 g/mol. The number of hydrogen-bond donors (Lipinski definition) is 2. The number of aromatic nitrogens is 2. The summed E-state index contributed by atoms with van der Waals surface area (Å²) in [6, 6.07) is 12.8. The Morgan fingerprint density at radius 2 is 2.04 bits per heavy atom. The third-order valence-electron chi connectivity index (χ3n) is 3.94. The Bertz CT molecular complexity index is 880. The Morgan fingerprint density at radius 3 is 2.76 bits per heavy atom. The second-order valence-electron chi connectivity index (χ2n) is 5.94. The van der Waals surface area contributed by atoms with Gasteiger partial charge in [0.25, 0.3) is 5.91 Å². The predicted octanol–water partition coefficient (Wildman–Crippen LogP) is 2.93. The van der Waals surface area contributed by atoms with Gasteiger partial charge in [-0.2, -0.15) is 5.10 Å². The first-order valence-corrected chi connectivity index (χ1v) is 8.16. The Hall–Kier alpha value is -2.86. The highest BCUT2D eigenvalue weighted by atomic mass is 16.4. The molecule has 0 aliphatic heterocycles. The Balaban J connectivity index is 1.72. The summed E-state index contributed by atoms with van der Waals surface area (Å²) in [5.74, 6) is 0.598. The Kier molecular flexibility index (Phi) is 5.00. The number of hydrogen-bond acceptors (Lipinski definition) is 4. The largest absolute Gasteiger partial charge is 0.454 e. The highest BCUT2D eigenvalue weighted by molar-refractivity contribution is 6.02. The van der Waals surface area contributed by atoms with E-state index in [-0.39, 0.29) is 18.3 Å². The van der Waals surface area contributed by atoms with Crippen LogP contribution in [0.1, 0.15) is 33.3 Å². The van der Waals surface area contributed by atoms with Gasteiger partial charge in [0.05, 0.1) is 12.2 Å². The molecule has 6 heteroatoms. The molecule has 130 valence electrons. The van der Waals surface area contributed by atoms with E-state index in [1.807, 2.05) is 48.9 Å². The number of rotatable bonds is 6. The minimum absolute atomic E-state index is 0.0282. The number of carbonyl (C=O) groups excluding carboxylic acids is 1. The lowest BCUT2D eigenvalue weighted by molar-refractivity contribution is 0.0994. The fraction of sp³-hybridized carbons (Fsp3) is 0.263. The SMILES string of the molecule is Cc1cc(C)n(Cc2ccc(C(=O)Nc3ccccc3CCO)o2)n1. The van der Waals surface area contributed by atoms with Crippen LogP contribution in [0.15, 0.2) is 46.9 Å². The highest BCUT2D eigenvalue weighted by Gasteiger charge is 2.14. The quantitative estimate of drug-likeness (QED) is 0.723. The van der Waals surface area contributed by atoms with E-state index >= 15 is 0 Å². The van der Waals surface area contributed by atoms with Crippen LogP contribution in [-0.4, -0.2) is 27.4 Å². The van der Waals surface area contributed by atoms with E-state index in [4.69, 9.17) is 9.52 Å². The molecule has 0 bridgehead atoms. The van der Waals surface area contributed by atoms with Crippen LogP contribution in [-0.2, 0) is 13.0 Å². The summed E-state index contributed by atoms with van der Waals surface area (Å²) in [5, 5.41) is 16.4. The number of anilines is 1. The zero-order valence-electron chi connectivity index (χ0n) is 14.3. The third kappa shape index (κ3) is 3.97. The summed E-state index contributed by atoms with van der Waals surface area (Å²) in [4.78, 5) is 12.4. The van der Waals surface area contributed by atoms with Crippen molar-refractivity contribution in [2.75, 3.05) is 11.9 Å². The molecule has 2 N–H and O–H groups in total. The van der Waals surface area contributed by atoms with Gasteiger partial charge in [-0.15, -0.1) is 0 Å². The Labute approximate surface area is 146 Å².